The van der Waals surface area contributed by atoms with Crippen molar-refractivity contribution in [3.05, 3.63) is 65.5 Å². The van der Waals surface area contributed by atoms with E-state index in [1.807, 2.05) is 6.07 Å². The number of carbonyl (C=O) groups is 1. The molecule has 6 heteroatoms. The van der Waals surface area contributed by atoms with Crippen LogP contribution in [0.25, 0.3) is 0 Å². The van der Waals surface area contributed by atoms with E-state index in [-0.39, 0.29) is 30.1 Å². The van der Waals surface area contributed by atoms with Gasteiger partial charge in [-0.2, -0.15) is 5.26 Å². The smallest absolute Gasteiger partial charge is 0.252 e. The van der Waals surface area contributed by atoms with Crippen molar-refractivity contribution in [1.82, 2.24) is 5.32 Å². The lowest BCUT2D eigenvalue weighted by Crippen LogP contribution is -2.35. The minimum atomic E-state index is -0.932. The van der Waals surface area contributed by atoms with Gasteiger partial charge in [-0.15, -0.1) is 0 Å². The van der Waals surface area contributed by atoms with Crippen LogP contribution in [0.15, 0.2) is 48.5 Å². The van der Waals surface area contributed by atoms with E-state index in [1.165, 1.54) is 30.3 Å². The molecule has 1 unspecified atom stereocenters. The highest BCUT2D eigenvalue weighted by Gasteiger charge is 2.12. The van der Waals surface area contributed by atoms with Crippen LogP contribution in [-0.4, -0.2) is 30.3 Å². The lowest BCUT2D eigenvalue weighted by Gasteiger charge is -2.13. The minimum Gasteiger partial charge on any atom is -0.491 e. The first kappa shape index (κ1) is 16.5. The Morgan fingerprint density at radius 1 is 1.26 bits per heavy atom. The van der Waals surface area contributed by atoms with E-state index in [1.54, 1.807) is 18.2 Å². The SMILES string of the molecule is N#Cc1ccccc1C(=O)NCC(O)COc1ccc(F)cc1. The molecular formula is C17H15FN2O3. The van der Waals surface area contributed by atoms with E-state index in [0.29, 0.717) is 5.75 Å². The van der Waals surface area contributed by atoms with Crippen molar-refractivity contribution in [3.63, 3.8) is 0 Å². The molecule has 2 rings (SSSR count). The summed E-state index contributed by atoms with van der Waals surface area (Å²) in [6.07, 6.45) is -0.932. The van der Waals surface area contributed by atoms with E-state index >= 15 is 0 Å². The highest BCUT2D eigenvalue weighted by Crippen LogP contribution is 2.11. The van der Waals surface area contributed by atoms with Gasteiger partial charge >= 0.3 is 0 Å². The third-order valence-corrected chi connectivity index (χ3v) is 3.05. The zero-order valence-electron chi connectivity index (χ0n) is 12.2. The summed E-state index contributed by atoms with van der Waals surface area (Å²) < 4.78 is 18.0. The van der Waals surface area contributed by atoms with Gasteiger partial charge in [0, 0.05) is 6.54 Å². The number of rotatable bonds is 6. The van der Waals surface area contributed by atoms with Crippen molar-refractivity contribution in [2.75, 3.05) is 13.2 Å². The second kappa shape index (κ2) is 7.92. The third kappa shape index (κ3) is 4.80. The maximum absolute atomic E-state index is 12.7. The lowest BCUT2D eigenvalue weighted by atomic mass is 10.1. The Morgan fingerprint density at radius 2 is 1.96 bits per heavy atom. The molecule has 0 saturated carbocycles. The molecule has 5 nitrogen and oxygen atoms in total. The van der Waals surface area contributed by atoms with Crippen molar-refractivity contribution in [1.29, 1.82) is 5.26 Å². The van der Waals surface area contributed by atoms with Crippen LogP contribution in [0.1, 0.15) is 15.9 Å². The summed E-state index contributed by atoms with van der Waals surface area (Å²) in [6, 6.07) is 13.7. The molecule has 0 aliphatic carbocycles. The normalized spacial score (nSPS) is 11.3. The average Bonchev–Trinajstić information content (AvgIpc) is 2.59. The Kier molecular flexibility index (Phi) is 5.67. The monoisotopic (exact) mass is 314 g/mol. The van der Waals surface area contributed by atoms with Gasteiger partial charge < -0.3 is 15.2 Å². The van der Waals surface area contributed by atoms with E-state index in [9.17, 15) is 14.3 Å². The molecule has 0 radical (unpaired) electrons. The Labute approximate surface area is 132 Å². The summed E-state index contributed by atoms with van der Waals surface area (Å²) in [7, 11) is 0. The molecule has 1 atom stereocenters. The topological polar surface area (TPSA) is 82.4 Å². The Bertz CT molecular complexity index is 711. The quantitative estimate of drug-likeness (QED) is 0.853. The van der Waals surface area contributed by atoms with Crippen LogP contribution in [0.5, 0.6) is 5.75 Å². The van der Waals surface area contributed by atoms with Gasteiger partial charge in [0.05, 0.1) is 17.2 Å². The third-order valence-electron chi connectivity index (χ3n) is 3.05. The highest BCUT2D eigenvalue weighted by atomic mass is 19.1. The number of ether oxygens (including phenoxy) is 1. The van der Waals surface area contributed by atoms with Gasteiger partial charge in [-0.3, -0.25) is 4.79 Å². The van der Waals surface area contributed by atoms with Crippen LogP contribution < -0.4 is 10.1 Å². The maximum atomic E-state index is 12.7. The van der Waals surface area contributed by atoms with Crippen molar-refractivity contribution < 1.29 is 19.0 Å². The number of nitrogens with one attached hydrogen (secondary N) is 1. The molecule has 0 saturated heterocycles. The highest BCUT2D eigenvalue weighted by molar-refractivity contribution is 5.96. The molecule has 0 aliphatic heterocycles. The molecule has 1 amide bonds. The van der Waals surface area contributed by atoms with Crippen LogP contribution in [0.3, 0.4) is 0 Å². The molecule has 0 aromatic heterocycles. The first-order valence-electron chi connectivity index (χ1n) is 6.94. The second-order valence-corrected chi connectivity index (χ2v) is 4.79. The number of hydrogen-bond donors (Lipinski definition) is 2. The van der Waals surface area contributed by atoms with Gasteiger partial charge in [0.15, 0.2) is 0 Å². The summed E-state index contributed by atoms with van der Waals surface area (Å²) >= 11 is 0. The van der Waals surface area contributed by atoms with E-state index in [4.69, 9.17) is 10.00 Å². The molecule has 2 aromatic carbocycles. The fourth-order valence-corrected chi connectivity index (χ4v) is 1.87. The van der Waals surface area contributed by atoms with Gasteiger partial charge in [-0.1, -0.05) is 12.1 Å². The zero-order valence-corrected chi connectivity index (χ0v) is 12.2. The number of benzene rings is 2. The van der Waals surface area contributed by atoms with Crippen LogP contribution in [0.2, 0.25) is 0 Å². The van der Waals surface area contributed by atoms with Crippen LogP contribution in [-0.2, 0) is 0 Å². The molecule has 0 heterocycles. The van der Waals surface area contributed by atoms with Crippen LogP contribution in [0, 0.1) is 17.1 Å². The van der Waals surface area contributed by atoms with Gasteiger partial charge in [0.1, 0.15) is 24.3 Å². The first-order valence-corrected chi connectivity index (χ1v) is 6.94. The Balaban J connectivity index is 1.82. The largest absolute Gasteiger partial charge is 0.491 e. The Morgan fingerprint density at radius 3 is 2.65 bits per heavy atom. The number of amides is 1. The van der Waals surface area contributed by atoms with Crippen molar-refractivity contribution >= 4 is 5.91 Å². The summed E-state index contributed by atoms with van der Waals surface area (Å²) in [5, 5.41) is 21.3. The minimum absolute atomic E-state index is 0.0280. The number of nitriles is 1. The predicted octanol–water partition coefficient (Wildman–Crippen LogP) is 1.87. The van der Waals surface area contributed by atoms with Gasteiger partial charge in [0.2, 0.25) is 0 Å². The number of hydrogen-bond acceptors (Lipinski definition) is 4. The van der Waals surface area contributed by atoms with Crippen molar-refractivity contribution in [2.24, 2.45) is 0 Å². The average molecular weight is 314 g/mol. The van der Waals surface area contributed by atoms with Gasteiger partial charge in [-0.05, 0) is 36.4 Å². The van der Waals surface area contributed by atoms with E-state index in [2.05, 4.69) is 5.32 Å². The molecule has 0 spiro atoms. The molecule has 2 aromatic rings. The number of carbonyl (C=O) groups excluding carboxylic acids is 1. The van der Waals surface area contributed by atoms with Crippen LogP contribution >= 0.6 is 0 Å². The zero-order chi connectivity index (χ0) is 16.7. The fraction of sp³-hybridized carbons (Fsp3) is 0.176. The van der Waals surface area contributed by atoms with Gasteiger partial charge in [0.25, 0.3) is 5.91 Å². The molecule has 0 bridgehead atoms. The van der Waals surface area contributed by atoms with Crippen molar-refractivity contribution in [3.8, 4) is 11.8 Å². The standard InChI is InChI=1S/C17H15FN2O3/c18-13-5-7-15(8-6-13)23-11-14(21)10-20-17(22)16-4-2-1-3-12(16)9-19/h1-8,14,21H,10-11H2,(H,20,22). The summed E-state index contributed by atoms with van der Waals surface area (Å²) in [6.45, 7) is -0.0778. The first-order chi connectivity index (χ1) is 11.1. The fourth-order valence-electron chi connectivity index (χ4n) is 1.87. The number of nitrogens with zero attached hydrogens (tertiary/aromatic N) is 1. The molecule has 118 valence electrons. The summed E-state index contributed by atoms with van der Waals surface area (Å²) in [5.41, 5.74) is 0.517. The molecular weight excluding hydrogens is 299 g/mol. The maximum Gasteiger partial charge on any atom is 0.252 e. The number of halogens is 1. The second-order valence-electron chi connectivity index (χ2n) is 4.79. The summed E-state index contributed by atoms with van der Waals surface area (Å²) in [5.74, 6) is -0.393. The molecule has 23 heavy (non-hydrogen) atoms. The molecule has 0 fully saturated rings. The predicted molar refractivity (Wildman–Crippen MR) is 81.4 cm³/mol. The summed E-state index contributed by atoms with van der Waals surface area (Å²) in [4.78, 5) is 12.0. The van der Waals surface area contributed by atoms with Crippen molar-refractivity contribution in [2.45, 2.75) is 6.10 Å². The molecule has 2 N–H and O–H groups in total. The molecule has 0 aliphatic rings. The number of aliphatic hydroxyl groups is 1. The van der Waals surface area contributed by atoms with Gasteiger partial charge in [-0.25, -0.2) is 4.39 Å². The van der Waals surface area contributed by atoms with E-state index in [0.717, 1.165) is 0 Å². The van der Waals surface area contributed by atoms with Crippen LogP contribution in [0.4, 0.5) is 4.39 Å². The van der Waals surface area contributed by atoms with E-state index < -0.39 is 12.0 Å². The lowest BCUT2D eigenvalue weighted by molar-refractivity contribution is 0.0843. The number of aliphatic hydroxyl groups excluding tert-OH is 1. The Hall–Kier alpha value is -2.91.